The highest BCUT2D eigenvalue weighted by molar-refractivity contribution is 5.78. The Balaban J connectivity index is 1.29. The third-order valence-electron chi connectivity index (χ3n) is 5.71. The van der Waals surface area contributed by atoms with Crippen molar-refractivity contribution in [2.75, 3.05) is 26.7 Å². The smallest absolute Gasteiger partial charge is 0.134 e. The fraction of sp³-hybridized carbons (Fsp3) is 0.417. The van der Waals surface area contributed by atoms with Crippen LogP contribution in [0.1, 0.15) is 41.4 Å². The Labute approximate surface area is 166 Å². The zero-order chi connectivity index (χ0) is 19.5. The van der Waals surface area contributed by atoms with Crippen molar-refractivity contribution >= 4 is 11.0 Å². The molecule has 0 amide bonds. The number of methoxy groups -OCH3 is 1. The number of aryl methyl sites for hydroxylation is 2. The van der Waals surface area contributed by atoms with Gasteiger partial charge >= 0.3 is 0 Å². The van der Waals surface area contributed by atoms with Crippen LogP contribution >= 0.6 is 0 Å². The molecule has 4 heteroatoms. The third-order valence-corrected chi connectivity index (χ3v) is 5.71. The van der Waals surface area contributed by atoms with Gasteiger partial charge in [-0.25, -0.2) is 0 Å². The Bertz CT molecular complexity index is 946. The molecule has 4 nitrogen and oxygen atoms in total. The number of benzene rings is 2. The summed E-state index contributed by atoms with van der Waals surface area (Å²) >= 11 is 0. The maximum absolute atomic E-state index is 10.6. The van der Waals surface area contributed by atoms with Gasteiger partial charge in [-0.05, 0) is 74.2 Å². The second kappa shape index (κ2) is 8.38. The monoisotopic (exact) mass is 379 g/mol. The van der Waals surface area contributed by atoms with Gasteiger partial charge in [0.1, 0.15) is 17.1 Å². The van der Waals surface area contributed by atoms with E-state index in [1.54, 1.807) is 7.11 Å². The molecule has 2 aromatic carbocycles. The Morgan fingerprint density at radius 3 is 2.89 bits per heavy atom. The summed E-state index contributed by atoms with van der Waals surface area (Å²) in [5.41, 5.74) is 4.48. The molecular weight excluding hydrogens is 350 g/mol. The topological polar surface area (TPSA) is 45.8 Å². The van der Waals surface area contributed by atoms with Gasteiger partial charge in [0, 0.05) is 24.9 Å². The van der Waals surface area contributed by atoms with Crippen LogP contribution in [-0.2, 0) is 12.8 Å². The quantitative estimate of drug-likeness (QED) is 0.633. The summed E-state index contributed by atoms with van der Waals surface area (Å²) in [7, 11) is 1.68. The summed E-state index contributed by atoms with van der Waals surface area (Å²) < 4.78 is 11.3. The van der Waals surface area contributed by atoms with Crippen LogP contribution in [0.5, 0.6) is 5.75 Å². The van der Waals surface area contributed by atoms with Gasteiger partial charge in [0.25, 0.3) is 0 Å². The fourth-order valence-electron chi connectivity index (χ4n) is 4.14. The van der Waals surface area contributed by atoms with Crippen molar-refractivity contribution < 1.29 is 14.3 Å². The predicted molar refractivity (Wildman–Crippen MR) is 112 cm³/mol. The van der Waals surface area contributed by atoms with Crippen molar-refractivity contribution in [1.29, 1.82) is 0 Å². The molecule has 3 aromatic rings. The lowest BCUT2D eigenvalue weighted by atomic mass is 10.0. The molecule has 1 aliphatic rings. The molecule has 0 saturated carbocycles. The van der Waals surface area contributed by atoms with Crippen molar-refractivity contribution in [3.63, 3.8) is 0 Å². The molecule has 0 radical (unpaired) electrons. The molecule has 1 aromatic heterocycles. The first-order valence-electron chi connectivity index (χ1n) is 10.2. The van der Waals surface area contributed by atoms with Gasteiger partial charge in [-0.3, -0.25) is 0 Å². The number of β-amino-alcohol motifs (C(OH)–C–C–N with tert-alkyl or cyclic N) is 1. The molecule has 1 aliphatic heterocycles. The van der Waals surface area contributed by atoms with Gasteiger partial charge in [-0.2, -0.15) is 0 Å². The van der Waals surface area contributed by atoms with E-state index in [0.29, 0.717) is 6.54 Å². The zero-order valence-electron chi connectivity index (χ0n) is 16.8. The van der Waals surface area contributed by atoms with E-state index in [4.69, 9.17) is 9.15 Å². The minimum atomic E-state index is -0.429. The average Bonchev–Trinajstić information content (AvgIpc) is 3.02. The SMILES string of the molecule is COc1ccc2c(c1)CCN(CCCCc1cc3cc(C)ccc3o1)CC2O. The molecule has 0 aliphatic carbocycles. The van der Waals surface area contributed by atoms with Crippen LogP contribution in [0, 0.1) is 6.92 Å². The fourth-order valence-corrected chi connectivity index (χ4v) is 4.14. The lowest BCUT2D eigenvalue weighted by Gasteiger charge is -2.21. The number of unbranched alkanes of at least 4 members (excludes halogenated alkanes) is 1. The molecule has 4 rings (SSSR count). The van der Waals surface area contributed by atoms with Crippen molar-refractivity contribution in [1.82, 2.24) is 4.90 Å². The van der Waals surface area contributed by atoms with Crippen molar-refractivity contribution in [2.24, 2.45) is 0 Å². The van der Waals surface area contributed by atoms with Gasteiger partial charge < -0.3 is 19.2 Å². The lowest BCUT2D eigenvalue weighted by Crippen LogP contribution is -2.29. The zero-order valence-corrected chi connectivity index (χ0v) is 16.8. The molecule has 0 saturated heterocycles. The number of aliphatic hydroxyl groups excluding tert-OH is 1. The highest BCUT2D eigenvalue weighted by Crippen LogP contribution is 2.27. The molecule has 2 heterocycles. The Hall–Kier alpha value is -2.30. The number of hydrogen-bond donors (Lipinski definition) is 1. The minimum Gasteiger partial charge on any atom is -0.497 e. The van der Waals surface area contributed by atoms with Crippen LogP contribution in [-0.4, -0.2) is 36.8 Å². The van der Waals surface area contributed by atoms with E-state index in [0.717, 1.165) is 61.4 Å². The summed E-state index contributed by atoms with van der Waals surface area (Å²) in [5.74, 6) is 1.93. The molecule has 0 bridgehead atoms. The summed E-state index contributed by atoms with van der Waals surface area (Å²) in [6.07, 6.45) is 3.67. The van der Waals surface area contributed by atoms with E-state index in [1.165, 1.54) is 16.5 Å². The molecule has 1 atom stereocenters. The van der Waals surface area contributed by atoms with E-state index in [-0.39, 0.29) is 0 Å². The molecule has 1 unspecified atom stereocenters. The number of aliphatic hydroxyl groups is 1. The van der Waals surface area contributed by atoms with Crippen LogP contribution in [0.25, 0.3) is 11.0 Å². The van der Waals surface area contributed by atoms with Gasteiger partial charge in [-0.1, -0.05) is 17.7 Å². The van der Waals surface area contributed by atoms with Gasteiger partial charge in [0.2, 0.25) is 0 Å². The lowest BCUT2D eigenvalue weighted by molar-refractivity contribution is 0.119. The Morgan fingerprint density at radius 1 is 1.14 bits per heavy atom. The molecule has 0 fully saturated rings. The molecule has 0 spiro atoms. The van der Waals surface area contributed by atoms with E-state index in [2.05, 4.69) is 42.2 Å². The largest absolute Gasteiger partial charge is 0.497 e. The van der Waals surface area contributed by atoms with Gasteiger partial charge in [0.05, 0.1) is 13.2 Å². The van der Waals surface area contributed by atoms with E-state index in [9.17, 15) is 5.11 Å². The number of nitrogens with zero attached hydrogens (tertiary/aromatic N) is 1. The van der Waals surface area contributed by atoms with Crippen LogP contribution in [0.15, 0.2) is 46.9 Å². The second-order valence-electron chi connectivity index (χ2n) is 7.84. The van der Waals surface area contributed by atoms with Crippen LogP contribution in [0.4, 0.5) is 0 Å². The molecule has 28 heavy (non-hydrogen) atoms. The van der Waals surface area contributed by atoms with E-state index >= 15 is 0 Å². The normalized spacial score (nSPS) is 17.5. The first-order chi connectivity index (χ1) is 13.6. The minimum absolute atomic E-state index is 0.429. The van der Waals surface area contributed by atoms with Crippen molar-refractivity contribution in [3.8, 4) is 5.75 Å². The van der Waals surface area contributed by atoms with E-state index in [1.807, 2.05) is 12.1 Å². The van der Waals surface area contributed by atoms with Crippen LogP contribution in [0.2, 0.25) is 0 Å². The Kier molecular flexibility index (Phi) is 5.69. The van der Waals surface area contributed by atoms with Gasteiger partial charge in [-0.15, -0.1) is 0 Å². The number of fused-ring (bicyclic) bond motifs is 2. The predicted octanol–water partition coefficient (Wildman–Crippen LogP) is 4.66. The van der Waals surface area contributed by atoms with Crippen molar-refractivity contribution in [3.05, 3.63) is 64.9 Å². The summed E-state index contributed by atoms with van der Waals surface area (Å²) in [6.45, 7) is 4.78. The van der Waals surface area contributed by atoms with Crippen LogP contribution < -0.4 is 4.74 Å². The number of hydrogen-bond acceptors (Lipinski definition) is 4. The van der Waals surface area contributed by atoms with Gasteiger partial charge in [0.15, 0.2) is 0 Å². The second-order valence-corrected chi connectivity index (χ2v) is 7.84. The summed E-state index contributed by atoms with van der Waals surface area (Å²) in [5, 5.41) is 11.8. The van der Waals surface area contributed by atoms with E-state index < -0.39 is 6.10 Å². The number of ether oxygens (including phenoxy) is 1. The highest BCUT2D eigenvalue weighted by Gasteiger charge is 2.21. The maximum Gasteiger partial charge on any atom is 0.134 e. The van der Waals surface area contributed by atoms with Crippen molar-refractivity contribution in [2.45, 2.75) is 38.7 Å². The first-order valence-corrected chi connectivity index (χ1v) is 10.2. The van der Waals surface area contributed by atoms with Crippen LogP contribution in [0.3, 0.4) is 0 Å². The molecular formula is C24H29NO3. The number of furan rings is 1. The summed E-state index contributed by atoms with van der Waals surface area (Å²) in [4.78, 5) is 2.37. The Morgan fingerprint density at radius 2 is 2.04 bits per heavy atom. The third kappa shape index (κ3) is 4.23. The standard InChI is InChI=1S/C24H29NO3/c1-17-6-9-24-19(13-17)15-21(28-24)5-3-4-11-25-12-10-18-14-20(27-2)7-8-22(18)23(26)16-25/h6-9,13-15,23,26H,3-5,10-12,16H2,1-2H3. The number of rotatable bonds is 6. The highest BCUT2D eigenvalue weighted by atomic mass is 16.5. The molecule has 1 N–H and O–H groups in total. The summed E-state index contributed by atoms with van der Waals surface area (Å²) in [6, 6.07) is 14.5. The average molecular weight is 380 g/mol. The first kappa shape index (κ1) is 19.0. The maximum atomic E-state index is 10.6. The molecule has 148 valence electrons.